The van der Waals surface area contributed by atoms with Crippen LogP contribution in [0.15, 0.2) is 22.7 Å². The van der Waals surface area contributed by atoms with Crippen molar-refractivity contribution in [1.29, 1.82) is 0 Å². The van der Waals surface area contributed by atoms with Crippen molar-refractivity contribution in [2.24, 2.45) is 0 Å². The fourth-order valence-corrected chi connectivity index (χ4v) is 3.48. The predicted molar refractivity (Wildman–Crippen MR) is 71.1 cm³/mol. The van der Waals surface area contributed by atoms with E-state index in [9.17, 15) is 0 Å². The molecule has 2 aliphatic heterocycles. The number of nitrogens with zero attached hydrogens (tertiary/aromatic N) is 1. The second-order valence-electron chi connectivity index (χ2n) is 4.98. The Kier molecular flexibility index (Phi) is 2.48. The number of halogens is 1. The Hall–Kier alpha value is -0.540. The molecule has 1 aromatic rings. The minimum absolute atomic E-state index is 0.383. The molecule has 1 N–H and O–H groups in total. The van der Waals surface area contributed by atoms with Crippen LogP contribution in [0, 0.1) is 0 Å². The number of benzene rings is 1. The van der Waals surface area contributed by atoms with Gasteiger partial charge < -0.3 is 10.2 Å². The van der Waals surface area contributed by atoms with Gasteiger partial charge in [0.2, 0.25) is 0 Å². The minimum Gasteiger partial charge on any atom is -0.368 e. The molecule has 0 saturated carbocycles. The first-order chi connectivity index (χ1) is 7.71. The maximum Gasteiger partial charge on any atom is 0.0464 e. The number of nitrogens with one attached hydrogen (secondary N) is 1. The summed E-state index contributed by atoms with van der Waals surface area (Å²) >= 11 is 3.57. The summed E-state index contributed by atoms with van der Waals surface area (Å²) in [5.74, 6) is 0. The third-order valence-corrected chi connectivity index (χ3v) is 4.67. The average Bonchev–Trinajstić information content (AvgIpc) is 2.55. The van der Waals surface area contributed by atoms with Crippen molar-refractivity contribution in [3.63, 3.8) is 0 Å². The molecule has 1 spiro atoms. The van der Waals surface area contributed by atoms with Crippen LogP contribution in [-0.2, 0) is 6.42 Å². The zero-order chi connectivity index (χ0) is 11.2. The Morgan fingerprint density at radius 2 is 2.06 bits per heavy atom. The highest BCUT2D eigenvalue weighted by Gasteiger charge is 2.42. The summed E-state index contributed by atoms with van der Waals surface area (Å²) in [6.07, 6.45) is 3.74. The summed E-state index contributed by atoms with van der Waals surface area (Å²) in [5, 5.41) is 3.46. The van der Waals surface area contributed by atoms with E-state index in [1.54, 1.807) is 0 Å². The first kappa shape index (κ1) is 10.6. The maximum atomic E-state index is 3.57. The first-order valence-electron chi connectivity index (χ1n) is 5.94. The molecule has 2 aliphatic rings. The van der Waals surface area contributed by atoms with Gasteiger partial charge in [-0.3, -0.25) is 0 Å². The SMILES string of the molecule is CN1c2cc(Br)ccc2CC12CCNCC2. The van der Waals surface area contributed by atoms with Gasteiger partial charge in [0.05, 0.1) is 0 Å². The first-order valence-corrected chi connectivity index (χ1v) is 6.74. The van der Waals surface area contributed by atoms with E-state index in [2.05, 4.69) is 51.4 Å². The van der Waals surface area contributed by atoms with E-state index in [4.69, 9.17) is 0 Å². The molecule has 1 aromatic carbocycles. The van der Waals surface area contributed by atoms with Gasteiger partial charge in [0.1, 0.15) is 0 Å². The van der Waals surface area contributed by atoms with Gasteiger partial charge in [0.25, 0.3) is 0 Å². The monoisotopic (exact) mass is 280 g/mol. The third-order valence-electron chi connectivity index (χ3n) is 4.17. The molecule has 3 rings (SSSR count). The van der Waals surface area contributed by atoms with E-state index < -0.39 is 0 Å². The number of fused-ring (bicyclic) bond motifs is 1. The Labute approximate surface area is 105 Å². The number of hydrogen-bond donors (Lipinski definition) is 1. The van der Waals surface area contributed by atoms with Crippen molar-refractivity contribution < 1.29 is 0 Å². The molecule has 0 aromatic heterocycles. The largest absolute Gasteiger partial charge is 0.368 e. The van der Waals surface area contributed by atoms with E-state index in [1.807, 2.05) is 0 Å². The number of likely N-dealkylation sites (N-methyl/N-ethyl adjacent to an activating group) is 1. The third kappa shape index (κ3) is 1.49. The molecule has 0 bridgehead atoms. The van der Waals surface area contributed by atoms with Gasteiger partial charge in [-0.25, -0.2) is 0 Å². The molecule has 86 valence electrons. The van der Waals surface area contributed by atoms with Crippen LogP contribution in [0.4, 0.5) is 5.69 Å². The van der Waals surface area contributed by atoms with E-state index >= 15 is 0 Å². The molecular formula is C13H17BrN2. The molecule has 1 saturated heterocycles. The lowest BCUT2D eigenvalue weighted by Crippen LogP contribution is -2.51. The Bertz CT molecular complexity index is 410. The summed E-state index contributed by atoms with van der Waals surface area (Å²) in [6, 6.07) is 6.69. The molecule has 3 heteroatoms. The highest BCUT2D eigenvalue weighted by Crippen LogP contribution is 2.43. The topological polar surface area (TPSA) is 15.3 Å². The second kappa shape index (κ2) is 3.74. The molecule has 0 amide bonds. The van der Waals surface area contributed by atoms with Crippen LogP contribution >= 0.6 is 15.9 Å². The second-order valence-corrected chi connectivity index (χ2v) is 5.90. The van der Waals surface area contributed by atoms with E-state index in [1.165, 1.54) is 35.0 Å². The van der Waals surface area contributed by atoms with Gasteiger partial charge in [0, 0.05) is 22.7 Å². The van der Waals surface area contributed by atoms with Crippen molar-refractivity contribution in [3.8, 4) is 0 Å². The van der Waals surface area contributed by atoms with E-state index in [0.29, 0.717) is 5.54 Å². The summed E-state index contributed by atoms with van der Waals surface area (Å²) in [4.78, 5) is 2.51. The van der Waals surface area contributed by atoms with Gasteiger partial charge in [-0.15, -0.1) is 0 Å². The molecule has 1 fully saturated rings. The lowest BCUT2D eigenvalue weighted by Gasteiger charge is -2.41. The van der Waals surface area contributed by atoms with Crippen LogP contribution in [0.1, 0.15) is 18.4 Å². The highest BCUT2D eigenvalue weighted by atomic mass is 79.9. The van der Waals surface area contributed by atoms with Gasteiger partial charge in [-0.05, 0) is 50.0 Å². The van der Waals surface area contributed by atoms with Crippen LogP contribution < -0.4 is 10.2 Å². The lowest BCUT2D eigenvalue weighted by atomic mass is 9.85. The molecule has 2 heterocycles. The molecular weight excluding hydrogens is 264 g/mol. The van der Waals surface area contributed by atoms with Crippen molar-refractivity contribution in [2.45, 2.75) is 24.8 Å². The Balaban J connectivity index is 1.99. The maximum absolute atomic E-state index is 3.57. The molecule has 0 aliphatic carbocycles. The zero-order valence-corrected chi connectivity index (χ0v) is 11.2. The van der Waals surface area contributed by atoms with Crippen molar-refractivity contribution >= 4 is 21.6 Å². The van der Waals surface area contributed by atoms with Crippen molar-refractivity contribution in [1.82, 2.24) is 5.32 Å². The number of anilines is 1. The van der Waals surface area contributed by atoms with Crippen molar-refractivity contribution in [2.75, 3.05) is 25.0 Å². The average molecular weight is 281 g/mol. The van der Waals surface area contributed by atoms with Gasteiger partial charge in [-0.2, -0.15) is 0 Å². The minimum atomic E-state index is 0.383. The van der Waals surface area contributed by atoms with E-state index in [0.717, 1.165) is 13.1 Å². The molecule has 2 nitrogen and oxygen atoms in total. The lowest BCUT2D eigenvalue weighted by molar-refractivity contribution is 0.310. The number of rotatable bonds is 0. The van der Waals surface area contributed by atoms with Crippen molar-refractivity contribution in [3.05, 3.63) is 28.2 Å². The Morgan fingerprint density at radius 1 is 1.31 bits per heavy atom. The molecule has 16 heavy (non-hydrogen) atoms. The highest BCUT2D eigenvalue weighted by molar-refractivity contribution is 9.10. The molecule has 0 unspecified atom stereocenters. The quantitative estimate of drug-likeness (QED) is 0.786. The molecule has 0 atom stereocenters. The van der Waals surface area contributed by atoms with E-state index in [-0.39, 0.29) is 0 Å². The summed E-state index contributed by atoms with van der Waals surface area (Å²) < 4.78 is 1.18. The van der Waals surface area contributed by atoms with Gasteiger partial charge in [0.15, 0.2) is 0 Å². The normalized spacial score (nSPS) is 22.5. The van der Waals surface area contributed by atoms with Crippen LogP contribution in [0.3, 0.4) is 0 Å². The predicted octanol–water partition coefficient (Wildman–Crippen LogP) is 2.56. The summed E-state index contributed by atoms with van der Waals surface area (Å²) in [5.41, 5.74) is 3.30. The zero-order valence-electron chi connectivity index (χ0n) is 9.59. The summed E-state index contributed by atoms with van der Waals surface area (Å²) in [7, 11) is 2.25. The number of piperidine rings is 1. The van der Waals surface area contributed by atoms with Crippen LogP contribution in [0.5, 0.6) is 0 Å². The summed E-state index contributed by atoms with van der Waals surface area (Å²) in [6.45, 7) is 2.30. The van der Waals surface area contributed by atoms with Crippen LogP contribution in [-0.4, -0.2) is 25.7 Å². The fraction of sp³-hybridized carbons (Fsp3) is 0.538. The number of hydrogen-bond acceptors (Lipinski definition) is 2. The Morgan fingerprint density at radius 3 is 2.81 bits per heavy atom. The fourth-order valence-electron chi connectivity index (χ4n) is 3.13. The standard InChI is InChI=1S/C13H17BrN2/c1-16-12-8-11(14)3-2-10(12)9-13(16)4-6-15-7-5-13/h2-3,8,15H,4-7,9H2,1H3. The van der Waals surface area contributed by atoms with Gasteiger partial charge in [-0.1, -0.05) is 22.0 Å². The smallest absolute Gasteiger partial charge is 0.0464 e. The van der Waals surface area contributed by atoms with Crippen LogP contribution in [0.25, 0.3) is 0 Å². The van der Waals surface area contributed by atoms with Crippen LogP contribution in [0.2, 0.25) is 0 Å². The van der Waals surface area contributed by atoms with Gasteiger partial charge >= 0.3 is 0 Å². The molecule has 0 radical (unpaired) electrons.